The number of hydrogen-bond donors (Lipinski definition) is 1. The van der Waals surface area contributed by atoms with Crippen molar-refractivity contribution >= 4 is 24.0 Å². The summed E-state index contributed by atoms with van der Waals surface area (Å²) in [5, 5.41) is 0. The summed E-state index contributed by atoms with van der Waals surface area (Å²) in [6.07, 6.45) is 0. The number of nitrogens with two attached hydrogens (primary N) is 1. The van der Waals surface area contributed by atoms with E-state index in [4.69, 9.17) is 5.73 Å². The van der Waals surface area contributed by atoms with Crippen molar-refractivity contribution in [3.8, 4) is 0 Å². The van der Waals surface area contributed by atoms with Crippen LogP contribution in [0.1, 0.15) is 17.0 Å². The molecule has 1 fully saturated rings. The van der Waals surface area contributed by atoms with Gasteiger partial charge in [-0.1, -0.05) is 18.2 Å². The third-order valence-electron chi connectivity index (χ3n) is 4.30. The minimum Gasteiger partial charge on any atom is -0.368 e. The standard InChI is InChI=1S/C17H23N5.ClH/c1-13-16(12-18)14(2)20-17(19-13)22-10-8-21(9-11-22)15-6-4-3-5-7-15;/h3-7H,8-12,18H2,1-2H3;1H. The fraction of sp³-hybridized carbons (Fsp3) is 0.412. The van der Waals surface area contributed by atoms with Crippen molar-refractivity contribution in [2.75, 3.05) is 36.0 Å². The Balaban J connectivity index is 0.00000192. The molecule has 3 rings (SSSR count). The van der Waals surface area contributed by atoms with Gasteiger partial charge in [0.25, 0.3) is 0 Å². The predicted octanol–water partition coefficient (Wildman–Crippen LogP) is 2.30. The second-order valence-corrected chi connectivity index (χ2v) is 5.69. The lowest BCUT2D eigenvalue weighted by Gasteiger charge is -2.36. The summed E-state index contributed by atoms with van der Waals surface area (Å²) in [7, 11) is 0. The Morgan fingerprint density at radius 3 is 1.96 bits per heavy atom. The van der Waals surface area contributed by atoms with Gasteiger partial charge >= 0.3 is 0 Å². The van der Waals surface area contributed by atoms with Crippen LogP contribution in [-0.2, 0) is 6.54 Å². The first-order valence-electron chi connectivity index (χ1n) is 7.78. The summed E-state index contributed by atoms with van der Waals surface area (Å²) in [4.78, 5) is 14.0. The minimum absolute atomic E-state index is 0. The highest BCUT2D eigenvalue weighted by atomic mass is 35.5. The van der Waals surface area contributed by atoms with Crippen LogP contribution in [0.5, 0.6) is 0 Å². The van der Waals surface area contributed by atoms with E-state index < -0.39 is 0 Å². The van der Waals surface area contributed by atoms with E-state index >= 15 is 0 Å². The van der Waals surface area contributed by atoms with Crippen molar-refractivity contribution in [3.63, 3.8) is 0 Å². The monoisotopic (exact) mass is 333 g/mol. The molecule has 0 radical (unpaired) electrons. The molecular weight excluding hydrogens is 310 g/mol. The number of anilines is 2. The van der Waals surface area contributed by atoms with E-state index in [1.165, 1.54) is 5.69 Å². The number of piperazine rings is 1. The van der Waals surface area contributed by atoms with Gasteiger partial charge in [0, 0.05) is 55.4 Å². The first-order valence-corrected chi connectivity index (χ1v) is 7.78. The van der Waals surface area contributed by atoms with Crippen LogP contribution in [0.2, 0.25) is 0 Å². The highest BCUT2D eigenvalue weighted by molar-refractivity contribution is 5.85. The van der Waals surface area contributed by atoms with Gasteiger partial charge in [-0.25, -0.2) is 9.97 Å². The molecule has 1 saturated heterocycles. The highest BCUT2D eigenvalue weighted by Crippen LogP contribution is 2.19. The Hall–Kier alpha value is -1.85. The topological polar surface area (TPSA) is 58.3 Å². The van der Waals surface area contributed by atoms with Crippen LogP contribution in [0, 0.1) is 13.8 Å². The molecule has 23 heavy (non-hydrogen) atoms. The molecule has 0 bridgehead atoms. The summed E-state index contributed by atoms with van der Waals surface area (Å²) >= 11 is 0. The molecule has 0 aliphatic carbocycles. The lowest BCUT2D eigenvalue weighted by Crippen LogP contribution is -2.47. The molecule has 1 aromatic heterocycles. The molecule has 1 aromatic carbocycles. The molecule has 2 heterocycles. The van der Waals surface area contributed by atoms with E-state index in [2.05, 4.69) is 50.1 Å². The van der Waals surface area contributed by atoms with Crippen LogP contribution < -0.4 is 15.5 Å². The van der Waals surface area contributed by atoms with Crippen molar-refractivity contribution in [2.24, 2.45) is 5.73 Å². The number of aryl methyl sites for hydroxylation is 2. The van der Waals surface area contributed by atoms with Gasteiger partial charge in [-0.3, -0.25) is 0 Å². The predicted molar refractivity (Wildman–Crippen MR) is 97.5 cm³/mol. The second kappa shape index (κ2) is 7.62. The van der Waals surface area contributed by atoms with Crippen molar-refractivity contribution in [1.82, 2.24) is 9.97 Å². The number of rotatable bonds is 3. The Morgan fingerprint density at radius 2 is 1.43 bits per heavy atom. The third kappa shape index (κ3) is 3.74. The van der Waals surface area contributed by atoms with Crippen molar-refractivity contribution in [3.05, 3.63) is 47.3 Å². The van der Waals surface area contributed by atoms with E-state index in [1.54, 1.807) is 0 Å². The summed E-state index contributed by atoms with van der Waals surface area (Å²) in [5.41, 5.74) is 10.1. The first-order chi connectivity index (χ1) is 10.7. The molecule has 1 aliphatic heterocycles. The van der Waals surface area contributed by atoms with Crippen molar-refractivity contribution in [1.29, 1.82) is 0 Å². The maximum Gasteiger partial charge on any atom is 0.225 e. The molecule has 0 unspecified atom stereocenters. The van der Waals surface area contributed by atoms with Crippen molar-refractivity contribution < 1.29 is 0 Å². The van der Waals surface area contributed by atoms with E-state index in [0.717, 1.165) is 49.1 Å². The van der Waals surface area contributed by atoms with Gasteiger partial charge in [-0.15, -0.1) is 12.4 Å². The number of benzene rings is 1. The Labute approximate surface area is 143 Å². The quantitative estimate of drug-likeness (QED) is 0.934. The number of aromatic nitrogens is 2. The maximum atomic E-state index is 5.76. The number of hydrogen-bond acceptors (Lipinski definition) is 5. The van der Waals surface area contributed by atoms with Gasteiger partial charge in [0.15, 0.2) is 0 Å². The van der Waals surface area contributed by atoms with Crippen molar-refractivity contribution in [2.45, 2.75) is 20.4 Å². The van der Waals surface area contributed by atoms with Crippen LogP contribution in [0.4, 0.5) is 11.6 Å². The van der Waals surface area contributed by atoms with E-state index in [-0.39, 0.29) is 12.4 Å². The van der Waals surface area contributed by atoms with Gasteiger partial charge < -0.3 is 15.5 Å². The lowest BCUT2D eigenvalue weighted by atomic mass is 10.2. The number of halogens is 1. The summed E-state index contributed by atoms with van der Waals surface area (Å²) in [6, 6.07) is 10.6. The minimum atomic E-state index is 0. The summed E-state index contributed by atoms with van der Waals surface area (Å²) in [6.45, 7) is 8.39. The van der Waals surface area contributed by atoms with E-state index in [0.29, 0.717) is 6.54 Å². The third-order valence-corrected chi connectivity index (χ3v) is 4.30. The fourth-order valence-corrected chi connectivity index (χ4v) is 2.96. The van der Waals surface area contributed by atoms with Crippen LogP contribution in [-0.4, -0.2) is 36.1 Å². The maximum absolute atomic E-state index is 5.76. The Bertz CT molecular complexity index is 616. The lowest BCUT2D eigenvalue weighted by molar-refractivity contribution is 0.637. The Morgan fingerprint density at radius 1 is 0.913 bits per heavy atom. The smallest absolute Gasteiger partial charge is 0.225 e. The number of nitrogens with zero attached hydrogens (tertiary/aromatic N) is 4. The molecule has 0 saturated carbocycles. The highest BCUT2D eigenvalue weighted by Gasteiger charge is 2.20. The first kappa shape index (κ1) is 17.5. The molecule has 6 heteroatoms. The van der Waals surface area contributed by atoms with Gasteiger partial charge in [-0.05, 0) is 26.0 Å². The average Bonchev–Trinajstić information content (AvgIpc) is 2.55. The molecule has 1 aliphatic rings. The SMILES string of the molecule is Cc1nc(N2CCN(c3ccccc3)CC2)nc(C)c1CN.Cl. The van der Waals surface area contributed by atoms with Crippen LogP contribution in [0.3, 0.4) is 0 Å². The van der Waals surface area contributed by atoms with E-state index in [1.807, 2.05) is 13.8 Å². The van der Waals surface area contributed by atoms with Gasteiger partial charge in [0.1, 0.15) is 0 Å². The molecule has 0 atom stereocenters. The molecule has 0 spiro atoms. The largest absolute Gasteiger partial charge is 0.368 e. The molecule has 2 N–H and O–H groups in total. The van der Waals surface area contributed by atoms with Gasteiger partial charge in [0.05, 0.1) is 0 Å². The Kier molecular flexibility index (Phi) is 5.80. The zero-order valence-corrected chi connectivity index (χ0v) is 14.5. The molecule has 0 amide bonds. The molecular formula is C17H24ClN5. The zero-order chi connectivity index (χ0) is 15.5. The molecule has 2 aromatic rings. The van der Waals surface area contributed by atoms with Crippen LogP contribution >= 0.6 is 12.4 Å². The average molecular weight is 334 g/mol. The second-order valence-electron chi connectivity index (χ2n) is 5.69. The van der Waals surface area contributed by atoms with E-state index in [9.17, 15) is 0 Å². The normalized spacial score (nSPS) is 14.6. The summed E-state index contributed by atoms with van der Waals surface area (Å²) < 4.78 is 0. The van der Waals surface area contributed by atoms with Crippen LogP contribution in [0.15, 0.2) is 30.3 Å². The summed E-state index contributed by atoms with van der Waals surface area (Å²) in [5.74, 6) is 0.833. The van der Waals surface area contributed by atoms with Gasteiger partial charge in [-0.2, -0.15) is 0 Å². The molecule has 124 valence electrons. The number of para-hydroxylation sites is 1. The zero-order valence-electron chi connectivity index (χ0n) is 13.7. The van der Waals surface area contributed by atoms with Gasteiger partial charge in [0.2, 0.25) is 5.95 Å². The fourth-order valence-electron chi connectivity index (χ4n) is 2.96. The van der Waals surface area contributed by atoms with Crippen LogP contribution in [0.25, 0.3) is 0 Å². The molecule has 5 nitrogen and oxygen atoms in total.